The molecule has 0 aromatic carbocycles. The molecule has 0 amide bonds. The lowest BCUT2D eigenvalue weighted by atomic mass is 10.0. The van der Waals surface area contributed by atoms with Crippen molar-refractivity contribution < 1.29 is 19.1 Å². The molecule has 0 saturated carbocycles. The molecule has 0 saturated heterocycles. The number of rotatable bonds is 5. The van der Waals surface area contributed by atoms with Crippen LogP contribution >= 0.6 is 23.2 Å². The zero-order valence-electron chi connectivity index (χ0n) is 10.5. The van der Waals surface area contributed by atoms with Gasteiger partial charge in [0.15, 0.2) is 5.92 Å². The fraction of sp³-hybridized carbons (Fsp3) is 0.417. The van der Waals surface area contributed by atoms with Crippen LogP contribution in [0.4, 0.5) is 0 Å². The van der Waals surface area contributed by atoms with Crippen LogP contribution in [0.1, 0.15) is 25.3 Å². The first-order valence-electron chi connectivity index (χ1n) is 5.66. The van der Waals surface area contributed by atoms with Gasteiger partial charge in [0, 0.05) is 5.56 Å². The Hall–Kier alpha value is -1.33. The van der Waals surface area contributed by atoms with E-state index in [2.05, 4.69) is 4.98 Å². The monoisotopic (exact) mass is 305 g/mol. The van der Waals surface area contributed by atoms with Crippen LogP contribution in [0.25, 0.3) is 0 Å². The molecule has 1 aromatic heterocycles. The van der Waals surface area contributed by atoms with Crippen LogP contribution in [0.3, 0.4) is 0 Å². The molecule has 0 atom stereocenters. The van der Waals surface area contributed by atoms with Crippen molar-refractivity contribution in [2.75, 3.05) is 13.2 Å². The highest BCUT2D eigenvalue weighted by molar-refractivity contribution is 6.33. The molecule has 1 aromatic rings. The number of carbonyl (C=O) groups excluding carboxylic acids is 2. The first-order valence-corrected chi connectivity index (χ1v) is 6.42. The molecule has 104 valence electrons. The Bertz CT molecular complexity index is 461. The fourth-order valence-corrected chi connectivity index (χ4v) is 1.89. The molecule has 0 radical (unpaired) electrons. The second-order valence-electron chi connectivity index (χ2n) is 3.45. The lowest BCUT2D eigenvalue weighted by molar-refractivity contribution is -0.156. The Kier molecular flexibility index (Phi) is 6.05. The molecule has 0 unspecified atom stereocenters. The number of hydrogen-bond donors (Lipinski definition) is 0. The van der Waals surface area contributed by atoms with Gasteiger partial charge in [0.2, 0.25) is 0 Å². The second-order valence-corrected chi connectivity index (χ2v) is 4.20. The molecule has 19 heavy (non-hydrogen) atoms. The van der Waals surface area contributed by atoms with Gasteiger partial charge in [-0.25, -0.2) is 4.98 Å². The molecule has 0 aliphatic rings. The van der Waals surface area contributed by atoms with E-state index in [1.807, 2.05) is 0 Å². The number of pyridine rings is 1. The van der Waals surface area contributed by atoms with Crippen LogP contribution < -0.4 is 0 Å². The lowest BCUT2D eigenvalue weighted by Crippen LogP contribution is -2.26. The quantitative estimate of drug-likeness (QED) is 0.475. The van der Waals surface area contributed by atoms with Gasteiger partial charge in [-0.15, -0.1) is 0 Å². The summed E-state index contributed by atoms with van der Waals surface area (Å²) in [6, 6.07) is 2.89. The van der Waals surface area contributed by atoms with E-state index in [0.717, 1.165) is 0 Å². The minimum atomic E-state index is -1.25. The van der Waals surface area contributed by atoms with E-state index < -0.39 is 17.9 Å². The van der Waals surface area contributed by atoms with Crippen molar-refractivity contribution in [3.05, 3.63) is 28.0 Å². The standard InChI is InChI=1S/C12H13Cl2NO4/c1-3-18-11(16)9(12(17)19-4-2)7-5-6-8(13)15-10(7)14/h5-6,9H,3-4H2,1-2H3. The number of hydrogen-bond acceptors (Lipinski definition) is 5. The van der Waals surface area contributed by atoms with E-state index in [9.17, 15) is 9.59 Å². The van der Waals surface area contributed by atoms with Gasteiger partial charge in [0.05, 0.1) is 13.2 Å². The summed E-state index contributed by atoms with van der Waals surface area (Å²) in [6.45, 7) is 3.57. The minimum absolute atomic E-state index is 0.0291. The van der Waals surface area contributed by atoms with E-state index in [1.54, 1.807) is 13.8 Å². The number of halogens is 2. The molecule has 0 aliphatic carbocycles. The highest BCUT2D eigenvalue weighted by Crippen LogP contribution is 2.27. The molecule has 0 aliphatic heterocycles. The number of ether oxygens (including phenoxy) is 2. The normalized spacial score (nSPS) is 10.4. The van der Waals surface area contributed by atoms with Gasteiger partial charge in [-0.1, -0.05) is 29.3 Å². The third-order valence-corrected chi connectivity index (χ3v) is 2.71. The number of carbonyl (C=O) groups is 2. The highest BCUT2D eigenvalue weighted by Gasteiger charge is 2.33. The fourth-order valence-electron chi connectivity index (χ4n) is 1.44. The Morgan fingerprint density at radius 3 is 2.11 bits per heavy atom. The average molecular weight is 306 g/mol. The zero-order chi connectivity index (χ0) is 14.4. The SMILES string of the molecule is CCOC(=O)C(C(=O)OCC)c1ccc(Cl)nc1Cl. The zero-order valence-corrected chi connectivity index (χ0v) is 12.0. The van der Waals surface area contributed by atoms with Gasteiger partial charge >= 0.3 is 11.9 Å². The third-order valence-electron chi connectivity index (χ3n) is 2.20. The van der Waals surface area contributed by atoms with Gasteiger partial charge in [-0.3, -0.25) is 9.59 Å². The maximum atomic E-state index is 11.9. The van der Waals surface area contributed by atoms with Crippen LogP contribution in [0.2, 0.25) is 10.3 Å². The summed E-state index contributed by atoms with van der Waals surface area (Å²) < 4.78 is 9.70. The van der Waals surface area contributed by atoms with Crippen LogP contribution in [-0.2, 0) is 19.1 Å². The van der Waals surface area contributed by atoms with Crippen LogP contribution in [0.15, 0.2) is 12.1 Å². The maximum absolute atomic E-state index is 11.9. The molecule has 0 N–H and O–H groups in total. The van der Waals surface area contributed by atoms with E-state index >= 15 is 0 Å². The van der Waals surface area contributed by atoms with E-state index in [4.69, 9.17) is 32.7 Å². The first-order chi connectivity index (χ1) is 9.01. The average Bonchev–Trinajstić information content (AvgIpc) is 2.33. The molecular weight excluding hydrogens is 293 g/mol. The Balaban J connectivity index is 3.14. The summed E-state index contributed by atoms with van der Waals surface area (Å²) in [6.07, 6.45) is 0. The summed E-state index contributed by atoms with van der Waals surface area (Å²) >= 11 is 11.6. The Morgan fingerprint density at radius 2 is 1.68 bits per heavy atom. The molecule has 0 bridgehead atoms. The molecule has 1 heterocycles. The molecular formula is C12H13Cl2NO4. The summed E-state index contributed by atoms with van der Waals surface area (Å²) in [5.41, 5.74) is 0.211. The Morgan fingerprint density at radius 1 is 1.16 bits per heavy atom. The predicted octanol–water partition coefficient (Wildman–Crippen LogP) is 2.60. The summed E-state index contributed by atoms with van der Waals surface area (Å²) in [5, 5.41) is 0.138. The first kappa shape index (κ1) is 15.7. The molecule has 1 rings (SSSR count). The minimum Gasteiger partial charge on any atom is -0.465 e. The highest BCUT2D eigenvalue weighted by atomic mass is 35.5. The van der Waals surface area contributed by atoms with Crippen molar-refractivity contribution >= 4 is 35.1 Å². The van der Waals surface area contributed by atoms with Gasteiger partial charge in [0.25, 0.3) is 0 Å². The predicted molar refractivity (Wildman–Crippen MR) is 70.3 cm³/mol. The lowest BCUT2D eigenvalue weighted by Gasteiger charge is -2.15. The Labute approximate surface area is 120 Å². The number of aromatic nitrogens is 1. The van der Waals surface area contributed by atoms with Gasteiger partial charge in [-0.2, -0.15) is 0 Å². The van der Waals surface area contributed by atoms with Crippen molar-refractivity contribution in [1.82, 2.24) is 4.98 Å². The van der Waals surface area contributed by atoms with Crippen molar-refractivity contribution in [3.8, 4) is 0 Å². The van der Waals surface area contributed by atoms with E-state index in [0.29, 0.717) is 0 Å². The van der Waals surface area contributed by atoms with Crippen LogP contribution in [0, 0.1) is 0 Å². The number of nitrogens with zero attached hydrogens (tertiary/aromatic N) is 1. The maximum Gasteiger partial charge on any atom is 0.325 e. The summed E-state index contributed by atoms with van der Waals surface area (Å²) in [4.78, 5) is 27.5. The van der Waals surface area contributed by atoms with Crippen molar-refractivity contribution in [2.45, 2.75) is 19.8 Å². The largest absolute Gasteiger partial charge is 0.465 e. The van der Waals surface area contributed by atoms with Crippen molar-refractivity contribution in [3.63, 3.8) is 0 Å². The van der Waals surface area contributed by atoms with E-state index in [1.165, 1.54) is 12.1 Å². The summed E-state index contributed by atoms with van der Waals surface area (Å²) in [7, 11) is 0. The van der Waals surface area contributed by atoms with Crippen LogP contribution in [0.5, 0.6) is 0 Å². The molecule has 7 heteroatoms. The van der Waals surface area contributed by atoms with E-state index in [-0.39, 0.29) is 29.1 Å². The van der Waals surface area contributed by atoms with Gasteiger partial charge in [-0.05, 0) is 19.9 Å². The number of esters is 2. The van der Waals surface area contributed by atoms with Crippen molar-refractivity contribution in [1.29, 1.82) is 0 Å². The molecule has 0 fully saturated rings. The van der Waals surface area contributed by atoms with Gasteiger partial charge in [0.1, 0.15) is 10.3 Å². The summed E-state index contributed by atoms with van der Waals surface area (Å²) in [5.74, 6) is -2.71. The molecule has 0 spiro atoms. The second kappa shape index (κ2) is 7.31. The topological polar surface area (TPSA) is 65.5 Å². The van der Waals surface area contributed by atoms with Crippen molar-refractivity contribution in [2.24, 2.45) is 0 Å². The van der Waals surface area contributed by atoms with Gasteiger partial charge < -0.3 is 9.47 Å². The third kappa shape index (κ3) is 4.08. The van der Waals surface area contributed by atoms with Crippen LogP contribution in [-0.4, -0.2) is 30.1 Å². The smallest absolute Gasteiger partial charge is 0.325 e. The molecule has 5 nitrogen and oxygen atoms in total.